The van der Waals surface area contributed by atoms with E-state index in [2.05, 4.69) is 17.4 Å². The van der Waals surface area contributed by atoms with Crippen molar-refractivity contribution in [3.63, 3.8) is 0 Å². The number of anilines is 1. The van der Waals surface area contributed by atoms with Crippen molar-refractivity contribution in [2.24, 2.45) is 0 Å². The number of methoxy groups -OCH3 is 1. The van der Waals surface area contributed by atoms with E-state index in [-0.39, 0.29) is 12.0 Å². The third-order valence-corrected chi connectivity index (χ3v) is 3.70. The number of rotatable bonds is 5. The number of benzene rings is 2. The number of ether oxygens (including phenoxy) is 2. The summed E-state index contributed by atoms with van der Waals surface area (Å²) >= 11 is 0. The van der Waals surface area contributed by atoms with Gasteiger partial charge in [-0.1, -0.05) is 17.7 Å². The summed E-state index contributed by atoms with van der Waals surface area (Å²) in [5, 5.41) is 3.00. The van der Waals surface area contributed by atoms with Gasteiger partial charge < -0.3 is 14.8 Å². The molecule has 0 bridgehead atoms. The SMILES string of the molecule is COc1cc(C(=O)Nc2c(C)cc(C)cc2C)ccc1OC(C)C. The zero-order chi connectivity index (χ0) is 17.9. The predicted octanol–water partition coefficient (Wildman–Crippen LogP) is 4.66. The molecular formula is C20H25NO3. The van der Waals surface area contributed by atoms with Gasteiger partial charge in [-0.05, 0) is 63.9 Å². The van der Waals surface area contributed by atoms with E-state index in [1.165, 1.54) is 5.56 Å². The Morgan fingerprint density at radius 1 is 1.00 bits per heavy atom. The highest BCUT2D eigenvalue weighted by molar-refractivity contribution is 6.05. The third kappa shape index (κ3) is 4.07. The molecule has 0 aromatic heterocycles. The highest BCUT2D eigenvalue weighted by atomic mass is 16.5. The molecule has 0 radical (unpaired) electrons. The van der Waals surface area contributed by atoms with Crippen molar-refractivity contribution < 1.29 is 14.3 Å². The first-order chi connectivity index (χ1) is 11.3. The maximum atomic E-state index is 12.6. The number of hydrogen-bond acceptors (Lipinski definition) is 3. The lowest BCUT2D eigenvalue weighted by Gasteiger charge is -2.16. The van der Waals surface area contributed by atoms with Gasteiger partial charge in [0.05, 0.1) is 13.2 Å². The molecule has 0 fully saturated rings. The molecule has 0 unspecified atom stereocenters. The number of carbonyl (C=O) groups is 1. The molecular weight excluding hydrogens is 302 g/mol. The molecule has 0 saturated carbocycles. The maximum absolute atomic E-state index is 12.6. The minimum absolute atomic E-state index is 0.0384. The molecule has 2 aromatic rings. The number of hydrogen-bond donors (Lipinski definition) is 1. The Balaban J connectivity index is 2.27. The van der Waals surface area contributed by atoms with Crippen LogP contribution in [0, 0.1) is 20.8 Å². The molecule has 0 spiro atoms. The highest BCUT2D eigenvalue weighted by Gasteiger charge is 2.14. The van der Waals surface area contributed by atoms with Crippen LogP contribution in [0.4, 0.5) is 5.69 Å². The van der Waals surface area contributed by atoms with Crippen molar-refractivity contribution in [1.82, 2.24) is 0 Å². The second kappa shape index (κ2) is 7.39. The van der Waals surface area contributed by atoms with Crippen LogP contribution in [0.25, 0.3) is 0 Å². The fraction of sp³-hybridized carbons (Fsp3) is 0.350. The Morgan fingerprint density at radius 2 is 1.62 bits per heavy atom. The number of aryl methyl sites for hydroxylation is 3. The van der Waals surface area contributed by atoms with E-state index in [4.69, 9.17) is 9.47 Å². The molecule has 0 aliphatic carbocycles. The summed E-state index contributed by atoms with van der Waals surface area (Å²) in [7, 11) is 1.57. The van der Waals surface area contributed by atoms with Crippen LogP contribution < -0.4 is 14.8 Å². The van der Waals surface area contributed by atoms with Crippen LogP contribution in [0.15, 0.2) is 30.3 Å². The van der Waals surface area contributed by atoms with Gasteiger partial charge in [-0.25, -0.2) is 0 Å². The van der Waals surface area contributed by atoms with E-state index >= 15 is 0 Å². The van der Waals surface area contributed by atoms with Crippen LogP contribution in [0.5, 0.6) is 11.5 Å². The van der Waals surface area contributed by atoms with Gasteiger partial charge in [0.15, 0.2) is 11.5 Å². The summed E-state index contributed by atoms with van der Waals surface area (Å²) in [5.74, 6) is 1.01. The molecule has 0 saturated heterocycles. The molecule has 0 atom stereocenters. The van der Waals surface area contributed by atoms with Gasteiger partial charge >= 0.3 is 0 Å². The molecule has 128 valence electrons. The first kappa shape index (κ1) is 17.9. The van der Waals surface area contributed by atoms with E-state index in [1.807, 2.05) is 34.6 Å². The second-order valence-electron chi connectivity index (χ2n) is 6.26. The first-order valence-electron chi connectivity index (χ1n) is 8.05. The summed E-state index contributed by atoms with van der Waals surface area (Å²) < 4.78 is 11.0. The van der Waals surface area contributed by atoms with E-state index in [1.54, 1.807) is 25.3 Å². The molecule has 2 rings (SSSR count). The van der Waals surface area contributed by atoms with E-state index in [0.29, 0.717) is 17.1 Å². The summed E-state index contributed by atoms with van der Waals surface area (Å²) in [6.45, 7) is 9.93. The molecule has 0 aliphatic rings. The quantitative estimate of drug-likeness (QED) is 0.869. The Bertz CT molecular complexity index is 728. The van der Waals surface area contributed by atoms with Crippen LogP contribution in [-0.2, 0) is 0 Å². The third-order valence-electron chi connectivity index (χ3n) is 3.70. The minimum atomic E-state index is -0.167. The van der Waals surface area contributed by atoms with Crippen LogP contribution in [0.1, 0.15) is 40.9 Å². The first-order valence-corrected chi connectivity index (χ1v) is 8.05. The van der Waals surface area contributed by atoms with Crippen molar-refractivity contribution in [3.05, 3.63) is 52.6 Å². The average Bonchev–Trinajstić information content (AvgIpc) is 2.50. The van der Waals surface area contributed by atoms with Crippen molar-refractivity contribution >= 4 is 11.6 Å². The normalized spacial score (nSPS) is 10.6. The Labute approximate surface area is 143 Å². The molecule has 1 N–H and O–H groups in total. The average molecular weight is 327 g/mol. The minimum Gasteiger partial charge on any atom is -0.493 e. The lowest BCUT2D eigenvalue weighted by molar-refractivity contribution is 0.102. The Morgan fingerprint density at radius 3 is 2.17 bits per heavy atom. The molecule has 0 aliphatic heterocycles. The lowest BCUT2D eigenvalue weighted by atomic mass is 10.0. The van der Waals surface area contributed by atoms with Gasteiger partial charge in [0.2, 0.25) is 0 Å². The predicted molar refractivity (Wildman–Crippen MR) is 97.4 cm³/mol. The Hall–Kier alpha value is -2.49. The van der Waals surface area contributed by atoms with Gasteiger partial charge in [0, 0.05) is 11.3 Å². The van der Waals surface area contributed by atoms with Crippen LogP contribution in [0.2, 0.25) is 0 Å². The van der Waals surface area contributed by atoms with Gasteiger partial charge in [-0.15, -0.1) is 0 Å². The summed E-state index contributed by atoms with van der Waals surface area (Å²) in [5.41, 5.74) is 4.66. The van der Waals surface area contributed by atoms with Crippen molar-refractivity contribution in [2.45, 2.75) is 40.7 Å². The van der Waals surface area contributed by atoms with Crippen LogP contribution >= 0.6 is 0 Å². The van der Waals surface area contributed by atoms with Crippen molar-refractivity contribution in [3.8, 4) is 11.5 Å². The fourth-order valence-corrected chi connectivity index (χ4v) is 2.72. The highest BCUT2D eigenvalue weighted by Crippen LogP contribution is 2.30. The number of amides is 1. The zero-order valence-electron chi connectivity index (χ0n) is 15.2. The van der Waals surface area contributed by atoms with Gasteiger partial charge in [0.25, 0.3) is 5.91 Å². The largest absolute Gasteiger partial charge is 0.493 e. The van der Waals surface area contributed by atoms with Crippen molar-refractivity contribution in [2.75, 3.05) is 12.4 Å². The van der Waals surface area contributed by atoms with E-state index in [0.717, 1.165) is 16.8 Å². The molecule has 4 heteroatoms. The van der Waals surface area contributed by atoms with E-state index < -0.39 is 0 Å². The van der Waals surface area contributed by atoms with Gasteiger partial charge in [-0.3, -0.25) is 4.79 Å². The molecule has 1 amide bonds. The summed E-state index contributed by atoms with van der Waals surface area (Å²) in [6.07, 6.45) is 0.0384. The number of carbonyl (C=O) groups excluding carboxylic acids is 1. The molecule has 2 aromatic carbocycles. The van der Waals surface area contributed by atoms with E-state index in [9.17, 15) is 4.79 Å². The number of nitrogens with one attached hydrogen (secondary N) is 1. The summed E-state index contributed by atoms with van der Waals surface area (Å²) in [4.78, 5) is 12.6. The zero-order valence-corrected chi connectivity index (χ0v) is 15.2. The van der Waals surface area contributed by atoms with Crippen LogP contribution in [-0.4, -0.2) is 19.1 Å². The topological polar surface area (TPSA) is 47.6 Å². The van der Waals surface area contributed by atoms with Crippen LogP contribution in [0.3, 0.4) is 0 Å². The van der Waals surface area contributed by atoms with Crippen molar-refractivity contribution in [1.29, 1.82) is 0 Å². The maximum Gasteiger partial charge on any atom is 0.255 e. The molecule has 0 heterocycles. The Kier molecular flexibility index (Phi) is 5.50. The fourth-order valence-electron chi connectivity index (χ4n) is 2.72. The smallest absolute Gasteiger partial charge is 0.255 e. The summed E-state index contributed by atoms with van der Waals surface area (Å²) in [6, 6.07) is 9.33. The monoisotopic (exact) mass is 327 g/mol. The van der Waals surface area contributed by atoms with Gasteiger partial charge in [-0.2, -0.15) is 0 Å². The molecule has 4 nitrogen and oxygen atoms in total. The standard InChI is InChI=1S/C20H25NO3/c1-12(2)24-17-8-7-16(11-18(17)23-6)20(22)21-19-14(4)9-13(3)10-15(19)5/h7-12H,1-6H3,(H,21,22). The lowest BCUT2D eigenvalue weighted by Crippen LogP contribution is -2.14. The van der Waals surface area contributed by atoms with Gasteiger partial charge in [0.1, 0.15) is 0 Å². The molecule has 24 heavy (non-hydrogen) atoms. The second-order valence-corrected chi connectivity index (χ2v) is 6.26.